The maximum absolute atomic E-state index is 12.2. The van der Waals surface area contributed by atoms with Crippen LogP contribution in [0.5, 0.6) is 0 Å². The summed E-state index contributed by atoms with van der Waals surface area (Å²) in [6.45, 7) is 4.45. The molecule has 0 unspecified atom stereocenters. The first-order valence-electron chi connectivity index (χ1n) is 5.74. The van der Waals surface area contributed by atoms with Gasteiger partial charge in [0.15, 0.2) is 0 Å². The third-order valence-electron chi connectivity index (χ3n) is 3.02. The number of hydrogen-bond acceptors (Lipinski definition) is 3. The predicted molar refractivity (Wildman–Crippen MR) is 64.5 cm³/mol. The van der Waals surface area contributed by atoms with Gasteiger partial charge in [0.05, 0.1) is 11.6 Å². The third kappa shape index (κ3) is 2.45. The number of nitrogens with zero attached hydrogens (tertiary/aromatic N) is 2. The molecule has 17 heavy (non-hydrogen) atoms. The molecule has 1 aliphatic rings. The van der Waals surface area contributed by atoms with Crippen molar-refractivity contribution in [3.8, 4) is 6.07 Å². The third-order valence-corrected chi connectivity index (χ3v) is 3.02. The van der Waals surface area contributed by atoms with Gasteiger partial charge in [-0.25, -0.2) is 0 Å². The Balaban J connectivity index is 2.15. The molecule has 4 nitrogen and oxygen atoms in total. The molecule has 1 heterocycles. The van der Waals surface area contributed by atoms with Gasteiger partial charge in [-0.1, -0.05) is 0 Å². The van der Waals surface area contributed by atoms with E-state index in [1.54, 1.807) is 24.3 Å². The van der Waals surface area contributed by atoms with Gasteiger partial charge in [0.2, 0.25) is 0 Å². The van der Waals surface area contributed by atoms with Crippen LogP contribution in [0.3, 0.4) is 0 Å². The van der Waals surface area contributed by atoms with Crippen molar-refractivity contribution < 1.29 is 4.79 Å². The second-order valence-electron chi connectivity index (χ2n) is 4.24. The van der Waals surface area contributed by atoms with Crippen molar-refractivity contribution in [2.45, 2.75) is 13.0 Å². The molecule has 1 aromatic rings. The Bertz CT molecular complexity index is 447. The highest BCUT2D eigenvalue weighted by Gasteiger charge is 2.23. The minimum absolute atomic E-state index is 0.0449. The topological polar surface area (TPSA) is 56.1 Å². The zero-order valence-electron chi connectivity index (χ0n) is 9.81. The van der Waals surface area contributed by atoms with Crippen molar-refractivity contribution in [1.82, 2.24) is 10.2 Å². The molecule has 1 aliphatic heterocycles. The number of benzene rings is 1. The molecule has 1 saturated heterocycles. The number of amides is 1. The molecule has 0 aliphatic carbocycles. The molecule has 0 radical (unpaired) electrons. The second-order valence-corrected chi connectivity index (χ2v) is 4.24. The molecule has 0 spiro atoms. The van der Waals surface area contributed by atoms with E-state index in [2.05, 4.69) is 5.32 Å². The van der Waals surface area contributed by atoms with Gasteiger partial charge in [-0.3, -0.25) is 4.79 Å². The molecule has 0 aromatic heterocycles. The highest BCUT2D eigenvalue weighted by Crippen LogP contribution is 2.11. The Morgan fingerprint density at radius 2 is 2.18 bits per heavy atom. The van der Waals surface area contributed by atoms with E-state index in [1.165, 1.54) is 0 Å². The summed E-state index contributed by atoms with van der Waals surface area (Å²) in [5.41, 5.74) is 1.23. The Hall–Kier alpha value is -1.86. The fourth-order valence-corrected chi connectivity index (χ4v) is 2.00. The van der Waals surface area contributed by atoms with Crippen molar-refractivity contribution in [3.63, 3.8) is 0 Å². The fraction of sp³-hybridized carbons (Fsp3) is 0.385. The van der Waals surface area contributed by atoms with Gasteiger partial charge in [-0.05, 0) is 31.2 Å². The van der Waals surface area contributed by atoms with Crippen molar-refractivity contribution in [2.24, 2.45) is 0 Å². The fourth-order valence-electron chi connectivity index (χ4n) is 2.00. The summed E-state index contributed by atoms with van der Waals surface area (Å²) in [6.07, 6.45) is 0. The summed E-state index contributed by atoms with van der Waals surface area (Å²) in [6, 6.07) is 9.06. The molecule has 1 aromatic carbocycles. The van der Waals surface area contributed by atoms with Crippen LogP contribution >= 0.6 is 0 Å². The summed E-state index contributed by atoms with van der Waals surface area (Å²) < 4.78 is 0. The highest BCUT2D eigenvalue weighted by molar-refractivity contribution is 5.94. The van der Waals surface area contributed by atoms with Crippen LogP contribution in [-0.4, -0.2) is 36.5 Å². The van der Waals surface area contributed by atoms with E-state index in [4.69, 9.17) is 5.26 Å². The van der Waals surface area contributed by atoms with Gasteiger partial charge in [-0.2, -0.15) is 5.26 Å². The first-order chi connectivity index (χ1) is 8.22. The largest absolute Gasteiger partial charge is 0.333 e. The van der Waals surface area contributed by atoms with Gasteiger partial charge in [-0.15, -0.1) is 0 Å². The van der Waals surface area contributed by atoms with E-state index in [-0.39, 0.29) is 11.9 Å². The van der Waals surface area contributed by atoms with Gasteiger partial charge in [0.25, 0.3) is 5.91 Å². The molecule has 2 rings (SSSR count). The summed E-state index contributed by atoms with van der Waals surface area (Å²) >= 11 is 0. The van der Waals surface area contributed by atoms with Crippen molar-refractivity contribution in [1.29, 1.82) is 5.26 Å². The lowest BCUT2D eigenvalue weighted by molar-refractivity contribution is 0.0656. The van der Waals surface area contributed by atoms with E-state index >= 15 is 0 Å². The molecular weight excluding hydrogens is 214 g/mol. The van der Waals surface area contributed by atoms with E-state index in [0.717, 1.165) is 19.6 Å². The number of nitriles is 1. The van der Waals surface area contributed by atoms with Crippen LogP contribution in [0, 0.1) is 11.3 Å². The Morgan fingerprint density at radius 1 is 1.47 bits per heavy atom. The molecule has 88 valence electrons. The van der Waals surface area contributed by atoms with Crippen LogP contribution in [0.15, 0.2) is 24.3 Å². The first-order valence-corrected chi connectivity index (χ1v) is 5.74. The zero-order chi connectivity index (χ0) is 12.3. The predicted octanol–water partition coefficient (Wildman–Crippen LogP) is 0.992. The minimum Gasteiger partial charge on any atom is -0.333 e. The van der Waals surface area contributed by atoms with E-state index in [0.29, 0.717) is 11.1 Å². The van der Waals surface area contributed by atoms with Crippen molar-refractivity contribution in [2.75, 3.05) is 19.6 Å². The lowest BCUT2D eigenvalue weighted by atomic mass is 10.1. The Morgan fingerprint density at radius 3 is 2.76 bits per heavy atom. The summed E-state index contributed by atoms with van der Waals surface area (Å²) in [4.78, 5) is 14.1. The summed E-state index contributed by atoms with van der Waals surface area (Å²) in [5, 5.41) is 12.0. The molecule has 0 saturated carbocycles. The number of nitrogens with one attached hydrogen (secondary N) is 1. The molecule has 1 atom stereocenters. The van der Waals surface area contributed by atoms with Gasteiger partial charge >= 0.3 is 0 Å². The van der Waals surface area contributed by atoms with Crippen LogP contribution in [-0.2, 0) is 0 Å². The number of hydrogen-bond donors (Lipinski definition) is 1. The smallest absolute Gasteiger partial charge is 0.254 e. The monoisotopic (exact) mass is 229 g/mol. The number of carbonyl (C=O) groups is 1. The van der Waals surface area contributed by atoms with Crippen LogP contribution in [0.4, 0.5) is 0 Å². The second kappa shape index (κ2) is 4.98. The molecule has 0 bridgehead atoms. The van der Waals surface area contributed by atoms with E-state index < -0.39 is 0 Å². The molecular formula is C13H15N3O. The minimum atomic E-state index is 0.0449. The lowest BCUT2D eigenvalue weighted by Gasteiger charge is -2.34. The highest BCUT2D eigenvalue weighted by atomic mass is 16.2. The summed E-state index contributed by atoms with van der Waals surface area (Å²) in [7, 11) is 0. The van der Waals surface area contributed by atoms with Gasteiger partial charge in [0.1, 0.15) is 0 Å². The zero-order valence-corrected chi connectivity index (χ0v) is 9.81. The molecule has 1 amide bonds. The van der Waals surface area contributed by atoms with Crippen LogP contribution < -0.4 is 5.32 Å². The molecule has 1 fully saturated rings. The van der Waals surface area contributed by atoms with Crippen LogP contribution in [0.1, 0.15) is 22.8 Å². The molecule has 4 heteroatoms. The normalized spacial score (nSPS) is 19.8. The molecule has 1 N–H and O–H groups in total. The van der Waals surface area contributed by atoms with Crippen LogP contribution in [0.25, 0.3) is 0 Å². The number of carbonyl (C=O) groups excluding carboxylic acids is 1. The standard InChI is InChI=1S/C13H15N3O/c1-10-9-15-6-7-16(10)13(17)12-4-2-11(8-14)3-5-12/h2-5,10,15H,6-7,9H2,1H3/t10-/m0/s1. The Labute approximate surface area is 101 Å². The lowest BCUT2D eigenvalue weighted by Crippen LogP contribution is -2.52. The SMILES string of the molecule is C[C@H]1CNCCN1C(=O)c1ccc(C#N)cc1. The number of rotatable bonds is 1. The average Bonchev–Trinajstić information content (AvgIpc) is 2.39. The van der Waals surface area contributed by atoms with Crippen LogP contribution in [0.2, 0.25) is 0 Å². The van der Waals surface area contributed by atoms with Crippen molar-refractivity contribution >= 4 is 5.91 Å². The summed E-state index contributed by atoms with van der Waals surface area (Å²) in [5.74, 6) is 0.0449. The maximum atomic E-state index is 12.2. The number of piperazine rings is 1. The van der Waals surface area contributed by atoms with Gasteiger partial charge < -0.3 is 10.2 Å². The van der Waals surface area contributed by atoms with Gasteiger partial charge in [0, 0.05) is 31.2 Å². The van der Waals surface area contributed by atoms with Crippen molar-refractivity contribution in [3.05, 3.63) is 35.4 Å². The van der Waals surface area contributed by atoms with E-state index in [9.17, 15) is 4.79 Å². The van der Waals surface area contributed by atoms with E-state index in [1.807, 2.05) is 17.9 Å². The average molecular weight is 229 g/mol. The Kier molecular flexibility index (Phi) is 3.40. The first kappa shape index (κ1) is 11.6. The maximum Gasteiger partial charge on any atom is 0.254 e. The quantitative estimate of drug-likeness (QED) is 0.781.